The standard InChI is InChI=1S/C13H22N2O3/c1-9-4-6-13(7-5-9,11(16)17)8-14-12(18)15-10-2-3-10/h9-10H,2-8H2,1H3,(H,16,17)(H2,14,15,18). The quantitative estimate of drug-likeness (QED) is 0.715. The number of rotatable bonds is 4. The number of nitrogens with one attached hydrogen (secondary N) is 2. The van der Waals surface area contributed by atoms with Crippen molar-refractivity contribution < 1.29 is 14.7 Å². The predicted molar refractivity (Wildman–Crippen MR) is 67.3 cm³/mol. The van der Waals surface area contributed by atoms with E-state index in [0.717, 1.165) is 25.7 Å². The molecule has 102 valence electrons. The molecule has 3 N–H and O–H groups in total. The number of hydrogen-bond donors (Lipinski definition) is 3. The van der Waals surface area contributed by atoms with Gasteiger partial charge in [0, 0.05) is 12.6 Å². The molecule has 0 radical (unpaired) electrons. The van der Waals surface area contributed by atoms with Crippen molar-refractivity contribution in [3.05, 3.63) is 0 Å². The fourth-order valence-electron chi connectivity index (χ4n) is 2.49. The number of carboxylic acids is 1. The highest BCUT2D eigenvalue weighted by Crippen LogP contribution is 2.38. The van der Waals surface area contributed by atoms with Crippen molar-refractivity contribution in [3.63, 3.8) is 0 Å². The molecular weight excluding hydrogens is 232 g/mol. The van der Waals surface area contributed by atoms with Crippen LogP contribution in [0.5, 0.6) is 0 Å². The lowest BCUT2D eigenvalue weighted by Gasteiger charge is -2.35. The summed E-state index contributed by atoms with van der Waals surface area (Å²) in [5, 5.41) is 15.0. The molecule has 0 aromatic rings. The average molecular weight is 254 g/mol. The Labute approximate surface area is 107 Å². The van der Waals surface area contributed by atoms with Crippen LogP contribution >= 0.6 is 0 Å². The fraction of sp³-hybridized carbons (Fsp3) is 0.846. The van der Waals surface area contributed by atoms with Crippen LogP contribution in [0, 0.1) is 11.3 Å². The molecule has 0 unspecified atom stereocenters. The van der Waals surface area contributed by atoms with Crippen LogP contribution in [0.15, 0.2) is 0 Å². The molecule has 0 heterocycles. The molecule has 2 saturated carbocycles. The minimum atomic E-state index is -0.777. The Bertz CT molecular complexity index is 331. The van der Waals surface area contributed by atoms with Crippen molar-refractivity contribution in [2.75, 3.05) is 6.54 Å². The van der Waals surface area contributed by atoms with Gasteiger partial charge in [-0.1, -0.05) is 6.92 Å². The summed E-state index contributed by atoms with van der Waals surface area (Å²) in [7, 11) is 0. The molecule has 2 aliphatic carbocycles. The van der Waals surface area contributed by atoms with Crippen LogP contribution in [0.1, 0.15) is 45.4 Å². The predicted octanol–water partition coefficient (Wildman–Crippen LogP) is 1.73. The van der Waals surface area contributed by atoms with Crippen LogP contribution in [0.25, 0.3) is 0 Å². The van der Waals surface area contributed by atoms with Crippen molar-refractivity contribution in [1.29, 1.82) is 0 Å². The van der Waals surface area contributed by atoms with Gasteiger partial charge in [0.05, 0.1) is 5.41 Å². The van der Waals surface area contributed by atoms with Crippen LogP contribution in [0.3, 0.4) is 0 Å². The lowest BCUT2D eigenvalue weighted by Crippen LogP contribution is -2.48. The van der Waals surface area contributed by atoms with Gasteiger partial charge in [0.1, 0.15) is 0 Å². The highest BCUT2D eigenvalue weighted by atomic mass is 16.4. The molecule has 0 spiro atoms. The van der Waals surface area contributed by atoms with Gasteiger partial charge in [-0.3, -0.25) is 4.79 Å². The van der Waals surface area contributed by atoms with E-state index in [1.54, 1.807) is 0 Å². The number of carbonyl (C=O) groups excluding carboxylic acids is 1. The second-order valence-corrected chi connectivity index (χ2v) is 5.87. The lowest BCUT2D eigenvalue weighted by molar-refractivity contribution is -0.151. The van der Waals surface area contributed by atoms with E-state index in [2.05, 4.69) is 17.6 Å². The summed E-state index contributed by atoms with van der Waals surface area (Å²) >= 11 is 0. The van der Waals surface area contributed by atoms with E-state index in [4.69, 9.17) is 0 Å². The van der Waals surface area contributed by atoms with Crippen molar-refractivity contribution in [2.24, 2.45) is 11.3 Å². The van der Waals surface area contributed by atoms with Crippen LogP contribution in [0.2, 0.25) is 0 Å². The topological polar surface area (TPSA) is 78.4 Å². The Hall–Kier alpha value is -1.26. The summed E-state index contributed by atoms with van der Waals surface area (Å²) in [5.74, 6) is -0.182. The van der Waals surface area contributed by atoms with E-state index in [0.29, 0.717) is 24.8 Å². The van der Waals surface area contributed by atoms with Crippen molar-refractivity contribution in [3.8, 4) is 0 Å². The Morgan fingerprint density at radius 3 is 2.33 bits per heavy atom. The van der Waals surface area contributed by atoms with E-state index in [1.165, 1.54) is 0 Å². The summed E-state index contributed by atoms with van der Waals surface area (Å²) < 4.78 is 0. The largest absolute Gasteiger partial charge is 0.481 e. The van der Waals surface area contributed by atoms with Gasteiger partial charge in [-0.2, -0.15) is 0 Å². The first kappa shape index (κ1) is 13.2. The first-order valence-electron chi connectivity index (χ1n) is 6.80. The van der Waals surface area contributed by atoms with Crippen LogP contribution in [-0.2, 0) is 4.79 Å². The summed E-state index contributed by atoms with van der Waals surface area (Å²) in [6.07, 6.45) is 5.25. The van der Waals surface area contributed by atoms with E-state index in [9.17, 15) is 14.7 Å². The zero-order valence-corrected chi connectivity index (χ0v) is 10.9. The molecule has 2 aliphatic rings. The van der Waals surface area contributed by atoms with Crippen molar-refractivity contribution in [1.82, 2.24) is 10.6 Å². The van der Waals surface area contributed by atoms with Crippen LogP contribution in [0.4, 0.5) is 4.79 Å². The van der Waals surface area contributed by atoms with Gasteiger partial charge < -0.3 is 15.7 Å². The van der Waals surface area contributed by atoms with Crippen LogP contribution in [-0.4, -0.2) is 29.7 Å². The molecule has 2 rings (SSSR count). The maximum atomic E-state index is 11.6. The minimum absolute atomic E-state index is 0.225. The van der Waals surface area contributed by atoms with Crippen molar-refractivity contribution >= 4 is 12.0 Å². The van der Waals surface area contributed by atoms with Gasteiger partial charge >= 0.3 is 12.0 Å². The second-order valence-electron chi connectivity index (χ2n) is 5.87. The number of hydrogen-bond acceptors (Lipinski definition) is 2. The highest BCUT2D eigenvalue weighted by Gasteiger charge is 2.41. The Kier molecular flexibility index (Phi) is 3.78. The maximum Gasteiger partial charge on any atom is 0.315 e. The Morgan fingerprint density at radius 2 is 1.83 bits per heavy atom. The normalized spacial score (nSPS) is 31.7. The van der Waals surface area contributed by atoms with Crippen molar-refractivity contribution in [2.45, 2.75) is 51.5 Å². The molecular formula is C13H22N2O3. The monoisotopic (exact) mass is 254 g/mol. The number of carbonyl (C=O) groups is 2. The third kappa shape index (κ3) is 3.15. The van der Waals surface area contributed by atoms with E-state index in [-0.39, 0.29) is 12.6 Å². The zero-order chi connectivity index (χ0) is 13.2. The molecule has 2 fully saturated rings. The number of aliphatic carboxylic acids is 1. The smallest absolute Gasteiger partial charge is 0.315 e. The SMILES string of the molecule is CC1CCC(CNC(=O)NC2CC2)(C(=O)O)CC1. The first-order valence-corrected chi connectivity index (χ1v) is 6.80. The maximum absolute atomic E-state index is 11.6. The first-order chi connectivity index (χ1) is 8.52. The van der Waals surface area contributed by atoms with Gasteiger partial charge in [-0.15, -0.1) is 0 Å². The van der Waals surface area contributed by atoms with Gasteiger partial charge in [0.25, 0.3) is 0 Å². The van der Waals surface area contributed by atoms with Gasteiger partial charge in [0.15, 0.2) is 0 Å². The summed E-state index contributed by atoms with van der Waals surface area (Å²) in [5.41, 5.74) is -0.757. The average Bonchev–Trinajstić information content (AvgIpc) is 3.12. The number of amides is 2. The molecule has 5 nitrogen and oxygen atoms in total. The molecule has 0 aromatic heterocycles. The summed E-state index contributed by atoms with van der Waals surface area (Å²) in [6.45, 7) is 2.40. The van der Waals surface area contributed by atoms with Gasteiger partial charge in [0.2, 0.25) is 0 Å². The minimum Gasteiger partial charge on any atom is -0.481 e. The molecule has 0 bridgehead atoms. The van der Waals surface area contributed by atoms with E-state index in [1.807, 2.05) is 0 Å². The van der Waals surface area contributed by atoms with Crippen LogP contribution < -0.4 is 10.6 Å². The van der Waals surface area contributed by atoms with Gasteiger partial charge in [-0.25, -0.2) is 4.79 Å². The van der Waals surface area contributed by atoms with Gasteiger partial charge in [-0.05, 0) is 44.4 Å². The molecule has 0 saturated heterocycles. The Balaban J connectivity index is 1.85. The lowest BCUT2D eigenvalue weighted by atomic mass is 9.71. The Morgan fingerprint density at radius 1 is 1.22 bits per heavy atom. The zero-order valence-electron chi connectivity index (χ0n) is 10.9. The highest BCUT2D eigenvalue weighted by molar-refractivity contribution is 5.78. The molecule has 0 aromatic carbocycles. The molecule has 0 aliphatic heterocycles. The summed E-state index contributed by atoms with van der Waals surface area (Å²) in [4.78, 5) is 23.0. The third-order valence-electron chi connectivity index (χ3n) is 4.18. The molecule has 0 atom stereocenters. The third-order valence-corrected chi connectivity index (χ3v) is 4.18. The van der Waals surface area contributed by atoms with E-state index >= 15 is 0 Å². The number of carboxylic acid groups (broad SMARTS) is 1. The summed E-state index contributed by atoms with van der Waals surface area (Å²) in [6, 6.07) is 0.0777. The molecule has 2 amide bonds. The number of urea groups is 1. The fourth-order valence-corrected chi connectivity index (χ4v) is 2.49. The second kappa shape index (κ2) is 5.16. The molecule has 18 heavy (non-hydrogen) atoms. The van der Waals surface area contributed by atoms with E-state index < -0.39 is 11.4 Å². The molecule has 5 heteroatoms.